The van der Waals surface area contributed by atoms with Gasteiger partial charge in [0.2, 0.25) is 15.9 Å². The number of hydrogen-bond acceptors (Lipinski definition) is 7. The fraction of sp³-hybridized carbons (Fsp3) is 0.267. The third-order valence-corrected chi connectivity index (χ3v) is 10.4. The average Bonchev–Trinajstić information content (AvgIpc) is 3.80. The lowest BCUT2D eigenvalue weighted by molar-refractivity contribution is -0.116. The molecule has 10 nitrogen and oxygen atoms in total. The van der Waals surface area contributed by atoms with Gasteiger partial charge in [-0.05, 0) is 79.4 Å². The van der Waals surface area contributed by atoms with Crippen LogP contribution in [0, 0.1) is 5.82 Å². The highest BCUT2D eigenvalue weighted by atomic mass is 32.2. The minimum atomic E-state index is -3.58. The van der Waals surface area contributed by atoms with E-state index in [0.29, 0.717) is 41.9 Å². The Morgan fingerprint density at radius 3 is 2.37 bits per heavy atom. The zero-order valence-corrected chi connectivity index (χ0v) is 24.8. The van der Waals surface area contributed by atoms with Crippen molar-refractivity contribution in [1.82, 2.24) is 24.4 Å². The first kappa shape index (κ1) is 29.0. The maximum atomic E-state index is 13.7. The normalized spacial score (nSPS) is 15.0. The van der Waals surface area contributed by atoms with Crippen molar-refractivity contribution in [2.24, 2.45) is 0 Å². The molecule has 43 heavy (non-hydrogen) atoms. The Hall–Kier alpha value is -4.07. The highest BCUT2D eigenvalue weighted by Crippen LogP contribution is 2.29. The predicted molar refractivity (Wildman–Crippen MR) is 160 cm³/mol. The minimum Gasteiger partial charge on any atom is -0.345 e. The van der Waals surface area contributed by atoms with Gasteiger partial charge in [0.1, 0.15) is 5.82 Å². The fourth-order valence-electron chi connectivity index (χ4n) is 5.28. The summed E-state index contributed by atoms with van der Waals surface area (Å²) in [5.74, 6) is -0.384. The maximum absolute atomic E-state index is 13.7. The Bertz CT molecular complexity index is 1750. The molecule has 0 unspecified atom stereocenters. The van der Waals surface area contributed by atoms with Gasteiger partial charge >= 0.3 is 0 Å². The standard InChI is InChI=1S/C30H29FN6O4S2/c31-23-9-11-24(12-10-23)37-27(33-34-30(37)42-20-28(38)36-18-15-21-5-1-2-6-26(21)36)19-32-29(39)22-7-13-25(14-8-22)43(40,41)35-16-3-4-17-35/h1-2,5-14H,3-4,15-20H2,(H,32,39). The van der Waals surface area contributed by atoms with Crippen LogP contribution in [0.5, 0.6) is 0 Å². The molecule has 1 fully saturated rings. The number of halogens is 1. The molecule has 2 aliphatic rings. The van der Waals surface area contributed by atoms with Crippen molar-refractivity contribution < 1.29 is 22.4 Å². The topological polar surface area (TPSA) is 117 Å². The van der Waals surface area contributed by atoms with Crippen LogP contribution in [0.4, 0.5) is 10.1 Å². The molecule has 4 aromatic rings. The van der Waals surface area contributed by atoms with Crippen molar-refractivity contribution >= 4 is 39.3 Å². The van der Waals surface area contributed by atoms with Crippen LogP contribution in [0.15, 0.2) is 82.8 Å². The SMILES string of the molecule is O=C(NCc1nnc(SCC(=O)N2CCc3ccccc32)n1-c1ccc(F)cc1)c1ccc(S(=O)(=O)N2CCCC2)cc1. The van der Waals surface area contributed by atoms with Crippen molar-refractivity contribution in [3.8, 4) is 5.69 Å². The number of benzene rings is 3. The predicted octanol–water partition coefficient (Wildman–Crippen LogP) is 3.80. The van der Waals surface area contributed by atoms with Gasteiger partial charge in [0.05, 0.1) is 17.2 Å². The Morgan fingerprint density at radius 1 is 0.907 bits per heavy atom. The van der Waals surface area contributed by atoms with Crippen molar-refractivity contribution in [3.63, 3.8) is 0 Å². The van der Waals surface area contributed by atoms with E-state index in [0.717, 1.165) is 30.5 Å². The lowest BCUT2D eigenvalue weighted by Crippen LogP contribution is -2.30. The van der Waals surface area contributed by atoms with Crippen LogP contribution >= 0.6 is 11.8 Å². The van der Waals surface area contributed by atoms with Crippen LogP contribution in [0.2, 0.25) is 0 Å². The molecule has 1 N–H and O–H groups in total. The van der Waals surface area contributed by atoms with Crippen LogP contribution < -0.4 is 10.2 Å². The Morgan fingerprint density at radius 2 is 1.63 bits per heavy atom. The second-order valence-electron chi connectivity index (χ2n) is 10.2. The molecular formula is C30H29FN6O4S2. The molecule has 6 rings (SSSR count). The molecule has 2 amide bonds. The summed E-state index contributed by atoms with van der Waals surface area (Å²) in [6.07, 6.45) is 2.48. The molecule has 0 atom stereocenters. The number of hydrogen-bond donors (Lipinski definition) is 1. The summed E-state index contributed by atoms with van der Waals surface area (Å²) in [4.78, 5) is 28.0. The lowest BCUT2D eigenvalue weighted by atomic mass is 10.2. The number of amides is 2. The van der Waals surface area contributed by atoms with Crippen LogP contribution in [-0.2, 0) is 27.8 Å². The number of aromatic nitrogens is 3. The minimum absolute atomic E-state index is 0.00888. The summed E-state index contributed by atoms with van der Waals surface area (Å²) in [6, 6.07) is 19.4. The molecule has 3 aromatic carbocycles. The molecular weight excluding hydrogens is 592 g/mol. The fourth-order valence-corrected chi connectivity index (χ4v) is 7.64. The third-order valence-electron chi connectivity index (χ3n) is 7.52. The van der Waals surface area contributed by atoms with Gasteiger partial charge in [-0.25, -0.2) is 12.8 Å². The number of thioether (sulfide) groups is 1. The molecule has 0 radical (unpaired) electrons. The first-order valence-electron chi connectivity index (χ1n) is 13.9. The second-order valence-corrected chi connectivity index (χ2v) is 13.1. The van der Waals surface area contributed by atoms with Crippen molar-refractivity contribution in [2.75, 3.05) is 30.3 Å². The molecule has 0 spiro atoms. The van der Waals surface area contributed by atoms with E-state index in [1.165, 1.54) is 52.5 Å². The maximum Gasteiger partial charge on any atom is 0.251 e. The largest absolute Gasteiger partial charge is 0.345 e. The van der Waals surface area contributed by atoms with Crippen LogP contribution in [0.25, 0.3) is 5.69 Å². The van der Waals surface area contributed by atoms with E-state index < -0.39 is 21.7 Å². The van der Waals surface area contributed by atoms with E-state index in [1.807, 2.05) is 24.3 Å². The van der Waals surface area contributed by atoms with E-state index in [9.17, 15) is 22.4 Å². The number of sulfonamides is 1. The molecule has 1 saturated heterocycles. The molecule has 222 valence electrons. The van der Waals surface area contributed by atoms with Crippen molar-refractivity contribution in [3.05, 3.63) is 95.6 Å². The van der Waals surface area contributed by atoms with Crippen LogP contribution in [0.3, 0.4) is 0 Å². The average molecular weight is 621 g/mol. The number of fused-ring (bicyclic) bond motifs is 1. The van der Waals surface area contributed by atoms with Gasteiger partial charge in [0, 0.05) is 36.6 Å². The molecule has 13 heteroatoms. The smallest absolute Gasteiger partial charge is 0.251 e. The summed E-state index contributed by atoms with van der Waals surface area (Å²) in [5.41, 5.74) is 2.92. The van der Waals surface area contributed by atoms with Gasteiger partial charge in [-0.15, -0.1) is 10.2 Å². The molecule has 1 aromatic heterocycles. The Balaban J connectivity index is 1.16. The monoisotopic (exact) mass is 620 g/mol. The summed E-state index contributed by atoms with van der Waals surface area (Å²) >= 11 is 1.21. The van der Waals surface area contributed by atoms with E-state index in [4.69, 9.17) is 0 Å². The van der Waals surface area contributed by atoms with Crippen molar-refractivity contribution in [2.45, 2.75) is 35.9 Å². The van der Waals surface area contributed by atoms with Gasteiger partial charge in [-0.1, -0.05) is 30.0 Å². The third kappa shape index (κ3) is 6.05. The molecule has 0 saturated carbocycles. The van der Waals surface area contributed by atoms with E-state index >= 15 is 0 Å². The first-order chi connectivity index (χ1) is 20.8. The summed E-state index contributed by atoms with van der Waals surface area (Å²) < 4.78 is 42.5. The van der Waals surface area contributed by atoms with Crippen molar-refractivity contribution in [1.29, 1.82) is 0 Å². The van der Waals surface area contributed by atoms with Gasteiger partial charge in [0.15, 0.2) is 11.0 Å². The zero-order valence-electron chi connectivity index (χ0n) is 23.1. The molecule has 2 aliphatic heterocycles. The number of nitrogens with one attached hydrogen (secondary N) is 1. The molecule has 0 aliphatic carbocycles. The Kier molecular flexibility index (Phi) is 8.28. The lowest BCUT2D eigenvalue weighted by Gasteiger charge is -2.17. The van der Waals surface area contributed by atoms with Crippen LogP contribution in [-0.4, -0.2) is 64.7 Å². The van der Waals surface area contributed by atoms with E-state index in [-0.39, 0.29) is 23.1 Å². The highest BCUT2D eigenvalue weighted by molar-refractivity contribution is 7.99. The first-order valence-corrected chi connectivity index (χ1v) is 16.3. The summed E-state index contributed by atoms with van der Waals surface area (Å²) in [6.45, 7) is 1.61. The number of para-hydroxylation sites is 1. The number of carbonyl (C=O) groups is 2. The number of rotatable bonds is 9. The quantitative estimate of drug-likeness (QED) is 0.283. The second kappa shape index (κ2) is 12.3. The molecule has 0 bridgehead atoms. The molecule has 3 heterocycles. The summed E-state index contributed by atoms with van der Waals surface area (Å²) in [5, 5.41) is 11.8. The van der Waals surface area contributed by atoms with E-state index in [2.05, 4.69) is 15.5 Å². The van der Waals surface area contributed by atoms with E-state index in [1.54, 1.807) is 21.6 Å². The number of anilines is 1. The zero-order chi connectivity index (χ0) is 30.0. The summed E-state index contributed by atoms with van der Waals surface area (Å²) in [7, 11) is -3.58. The van der Waals surface area contributed by atoms with Gasteiger partial charge in [-0.3, -0.25) is 14.2 Å². The van der Waals surface area contributed by atoms with Gasteiger partial charge in [0.25, 0.3) is 5.91 Å². The number of carbonyl (C=O) groups excluding carboxylic acids is 2. The highest BCUT2D eigenvalue weighted by Gasteiger charge is 2.28. The van der Waals surface area contributed by atoms with Gasteiger partial charge < -0.3 is 10.2 Å². The number of nitrogens with zero attached hydrogens (tertiary/aromatic N) is 5. The Labute approximate surface area is 253 Å². The van der Waals surface area contributed by atoms with Crippen LogP contribution in [0.1, 0.15) is 34.6 Å². The van der Waals surface area contributed by atoms with Gasteiger partial charge in [-0.2, -0.15) is 4.31 Å².